The van der Waals surface area contributed by atoms with Crippen molar-refractivity contribution in [1.82, 2.24) is 0 Å². The van der Waals surface area contributed by atoms with Gasteiger partial charge >= 0.3 is 0 Å². The van der Waals surface area contributed by atoms with Crippen LogP contribution in [0.5, 0.6) is 17.2 Å². The van der Waals surface area contributed by atoms with Gasteiger partial charge in [-0.05, 0) is 41.7 Å². The van der Waals surface area contributed by atoms with Crippen molar-refractivity contribution in [2.75, 3.05) is 26.2 Å². The fourth-order valence-electron chi connectivity index (χ4n) is 4.81. The molecule has 0 saturated heterocycles. The number of carbonyl (C=O) groups excluding carboxylic acids is 2. The Balaban J connectivity index is 1.91. The summed E-state index contributed by atoms with van der Waals surface area (Å²) in [4.78, 5) is 28.7. The highest BCUT2D eigenvalue weighted by atomic mass is 16.5. The van der Waals surface area contributed by atoms with Gasteiger partial charge in [0.2, 0.25) is 5.91 Å². The first-order valence-electron chi connectivity index (χ1n) is 10.7. The summed E-state index contributed by atoms with van der Waals surface area (Å²) in [6.45, 7) is 4.13. The highest BCUT2D eigenvalue weighted by Gasteiger charge is 2.45. The Bertz CT molecular complexity index is 1100. The van der Waals surface area contributed by atoms with Crippen LogP contribution in [0, 0.1) is 5.41 Å². The van der Waals surface area contributed by atoms with Crippen LogP contribution in [-0.4, -0.2) is 33.0 Å². The molecule has 0 aromatic heterocycles. The zero-order chi connectivity index (χ0) is 23.0. The van der Waals surface area contributed by atoms with E-state index in [1.165, 1.54) is 0 Å². The van der Waals surface area contributed by atoms with Crippen LogP contribution in [0.3, 0.4) is 0 Å². The van der Waals surface area contributed by atoms with Crippen molar-refractivity contribution in [3.05, 3.63) is 59.3 Å². The molecule has 32 heavy (non-hydrogen) atoms. The minimum absolute atomic E-state index is 0.0643. The van der Waals surface area contributed by atoms with Crippen molar-refractivity contribution in [3.8, 4) is 17.2 Å². The van der Waals surface area contributed by atoms with Crippen molar-refractivity contribution >= 4 is 17.4 Å². The van der Waals surface area contributed by atoms with Gasteiger partial charge in [-0.15, -0.1) is 0 Å². The summed E-state index contributed by atoms with van der Waals surface area (Å²) in [5, 5.41) is 0. The Morgan fingerprint density at radius 1 is 0.906 bits per heavy atom. The van der Waals surface area contributed by atoms with E-state index in [4.69, 9.17) is 14.2 Å². The second-order valence-corrected chi connectivity index (χ2v) is 9.10. The smallest absolute Gasteiger partial charge is 0.232 e. The highest BCUT2D eigenvalue weighted by molar-refractivity contribution is 6.08. The molecule has 0 saturated carbocycles. The molecule has 1 amide bonds. The number of hydrogen-bond donors (Lipinski definition) is 0. The third-order valence-electron chi connectivity index (χ3n) is 6.27. The molecule has 2 aromatic carbocycles. The molecule has 1 aliphatic heterocycles. The van der Waals surface area contributed by atoms with Crippen LogP contribution in [0.25, 0.3) is 0 Å². The molecular formula is C26H29NO5. The van der Waals surface area contributed by atoms with Gasteiger partial charge in [-0.3, -0.25) is 14.5 Å². The van der Waals surface area contributed by atoms with Gasteiger partial charge in [0.1, 0.15) is 17.2 Å². The first-order chi connectivity index (χ1) is 15.3. The van der Waals surface area contributed by atoms with Crippen LogP contribution in [0.2, 0.25) is 0 Å². The van der Waals surface area contributed by atoms with E-state index in [-0.39, 0.29) is 29.4 Å². The minimum Gasteiger partial charge on any atom is -0.497 e. The summed E-state index contributed by atoms with van der Waals surface area (Å²) in [6, 6.07) is 13.0. The van der Waals surface area contributed by atoms with E-state index in [2.05, 4.69) is 13.8 Å². The van der Waals surface area contributed by atoms with Crippen molar-refractivity contribution in [2.24, 2.45) is 5.41 Å². The molecule has 6 nitrogen and oxygen atoms in total. The molecule has 0 bridgehead atoms. The molecule has 168 valence electrons. The molecule has 1 unspecified atom stereocenters. The Hall–Kier alpha value is -3.28. The summed E-state index contributed by atoms with van der Waals surface area (Å²) in [5.74, 6) is 1.61. The summed E-state index contributed by atoms with van der Waals surface area (Å²) in [5.41, 5.74) is 2.78. The number of rotatable bonds is 5. The molecule has 6 heteroatoms. The maximum Gasteiger partial charge on any atom is 0.232 e. The Morgan fingerprint density at radius 3 is 2.31 bits per heavy atom. The summed E-state index contributed by atoms with van der Waals surface area (Å²) < 4.78 is 16.3. The van der Waals surface area contributed by atoms with Crippen LogP contribution < -0.4 is 19.1 Å². The van der Waals surface area contributed by atoms with E-state index in [0.717, 1.165) is 16.8 Å². The van der Waals surface area contributed by atoms with Gasteiger partial charge < -0.3 is 14.2 Å². The normalized spacial score (nSPS) is 20.2. The Kier molecular flexibility index (Phi) is 5.71. The SMILES string of the molecule is COc1cccc(C2CC(=O)N(c3ccc(OC)cc3OC)C3=C2C(=O)CC(C)(C)C3)c1. The Labute approximate surface area is 188 Å². The van der Waals surface area contributed by atoms with E-state index < -0.39 is 0 Å². The molecule has 0 N–H and O–H groups in total. The van der Waals surface area contributed by atoms with Gasteiger partial charge in [-0.2, -0.15) is 0 Å². The molecule has 1 heterocycles. The largest absolute Gasteiger partial charge is 0.497 e. The van der Waals surface area contributed by atoms with Crippen LogP contribution >= 0.6 is 0 Å². The van der Waals surface area contributed by atoms with Crippen LogP contribution in [0.4, 0.5) is 5.69 Å². The number of nitrogens with zero attached hydrogens (tertiary/aromatic N) is 1. The molecule has 0 spiro atoms. The molecule has 4 rings (SSSR count). The zero-order valence-corrected chi connectivity index (χ0v) is 19.2. The predicted molar refractivity (Wildman–Crippen MR) is 122 cm³/mol. The first kappa shape index (κ1) is 21.9. The fourth-order valence-corrected chi connectivity index (χ4v) is 4.81. The van der Waals surface area contributed by atoms with Crippen LogP contribution in [0.1, 0.15) is 44.6 Å². The van der Waals surface area contributed by atoms with Crippen molar-refractivity contribution < 1.29 is 23.8 Å². The number of ether oxygens (including phenoxy) is 3. The standard InChI is InChI=1S/C26H29NO5/c1-26(2)14-21-25(22(28)15-26)19(16-7-6-8-17(11-16)30-3)13-24(29)27(21)20-10-9-18(31-4)12-23(20)32-5/h6-12,19H,13-15H2,1-5H3. The lowest BCUT2D eigenvalue weighted by molar-refractivity contribution is -0.121. The second kappa shape index (κ2) is 8.34. The lowest BCUT2D eigenvalue weighted by Gasteiger charge is -2.43. The van der Waals surface area contributed by atoms with Gasteiger partial charge in [0.05, 0.1) is 27.0 Å². The fraction of sp³-hybridized carbons (Fsp3) is 0.385. The average Bonchev–Trinajstić information content (AvgIpc) is 2.77. The average molecular weight is 436 g/mol. The van der Waals surface area contributed by atoms with Crippen LogP contribution in [0.15, 0.2) is 53.7 Å². The zero-order valence-electron chi connectivity index (χ0n) is 19.2. The molecular weight excluding hydrogens is 406 g/mol. The number of methoxy groups -OCH3 is 3. The van der Waals surface area contributed by atoms with Crippen molar-refractivity contribution in [2.45, 2.75) is 39.0 Å². The molecule has 2 aromatic rings. The van der Waals surface area contributed by atoms with Gasteiger partial charge in [0, 0.05) is 36.1 Å². The Morgan fingerprint density at radius 2 is 1.62 bits per heavy atom. The van der Waals surface area contributed by atoms with Gasteiger partial charge in [-0.25, -0.2) is 0 Å². The number of amides is 1. The molecule has 2 aliphatic rings. The maximum absolute atomic E-state index is 13.6. The van der Waals surface area contributed by atoms with Gasteiger partial charge in [0.15, 0.2) is 5.78 Å². The van der Waals surface area contributed by atoms with E-state index in [1.54, 1.807) is 38.4 Å². The highest BCUT2D eigenvalue weighted by Crippen LogP contribution is 2.50. The number of benzene rings is 2. The molecule has 0 fully saturated rings. The monoisotopic (exact) mass is 435 g/mol. The van der Waals surface area contributed by atoms with Gasteiger partial charge in [-0.1, -0.05) is 26.0 Å². The van der Waals surface area contributed by atoms with E-state index >= 15 is 0 Å². The molecule has 0 radical (unpaired) electrons. The quantitative estimate of drug-likeness (QED) is 0.670. The topological polar surface area (TPSA) is 65.1 Å². The number of Topliss-reactive ketones (excluding diaryl/α,β-unsaturated/α-hetero) is 1. The maximum atomic E-state index is 13.6. The van der Waals surface area contributed by atoms with Crippen molar-refractivity contribution in [1.29, 1.82) is 0 Å². The van der Waals surface area contributed by atoms with Gasteiger partial charge in [0.25, 0.3) is 0 Å². The number of carbonyl (C=O) groups is 2. The number of hydrogen-bond acceptors (Lipinski definition) is 5. The molecule has 1 aliphatic carbocycles. The minimum atomic E-state index is -0.295. The summed E-state index contributed by atoms with van der Waals surface area (Å²) in [7, 11) is 4.76. The third-order valence-corrected chi connectivity index (χ3v) is 6.27. The van der Waals surface area contributed by atoms with E-state index in [0.29, 0.717) is 35.8 Å². The third kappa shape index (κ3) is 3.85. The summed E-state index contributed by atoms with van der Waals surface area (Å²) in [6.07, 6.45) is 1.27. The summed E-state index contributed by atoms with van der Waals surface area (Å²) >= 11 is 0. The van der Waals surface area contributed by atoms with E-state index in [1.807, 2.05) is 30.3 Å². The second-order valence-electron chi connectivity index (χ2n) is 9.10. The predicted octanol–water partition coefficient (Wildman–Crippen LogP) is 4.88. The lowest BCUT2D eigenvalue weighted by atomic mass is 9.69. The number of ketones is 1. The van der Waals surface area contributed by atoms with Crippen molar-refractivity contribution in [3.63, 3.8) is 0 Å². The first-order valence-corrected chi connectivity index (χ1v) is 10.7. The lowest BCUT2D eigenvalue weighted by Crippen LogP contribution is -2.43. The number of allylic oxidation sites excluding steroid dienone is 2. The molecule has 1 atom stereocenters. The number of anilines is 1. The van der Waals surface area contributed by atoms with Crippen LogP contribution in [-0.2, 0) is 9.59 Å². The van der Waals surface area contributed by atoms with E-state index in [9.17, 15) is 9.59 Å².